The van der Waals surface area contributed by atoms with Crippen LogP contribution in [-0.2, 0) is 9.53 Å². The molecular formula is C21H18BrNO4. The first kappa shape index (κ1) is 17.0. The molecule has 1 spiro atoms. The van der Waals surface area contributed by atoms with E-state index in [9.17, 15) is 9.59 Å². The molecule has 0 radical (unpaired) electrons. The number of benzene rings is 2. The lowest BCUT2D eigenvalue weighted by Crippen LogP contribution is -2.56. The number of cyclic esters (lactones) is 1. The number of hydrogen-bond donors (Lipinski definition) is 1. The van der Waals surface area contributed by atoms with Crippen molar-refractivity contribution in [2.45, 2.75) is 31.0 Å². The van der Waals surface area contributed by atoms with Gasteiger partial charge in [-0.3, -0.25) is 10.1 Å². The number of carbonyl (C=O) groups is 2. The minimum atomic E-state index is -0.990. The Morgan fingerprint density at radius 1 is 1.19 bits per heavy atom. The highest BCUT2D eigenvalue weighted by Crippen LogP contribution is 2.49. The summed E-state index contributed by atoms with van der Waals surface area (Å²) >= 11 is 3.50. The summed E-state index contributed by atoms with van der Waals surface area (Å²) in [5.41, 5.74) is 1.55. The largest absolute Gasteiger partial charge is 0.486 e. The maximum absolute atomic E-state index is 13.5. The number of hydrogen-bond acceptors (Lipinski definition) is 5. The van der Waals surface area contributed by atoms with E-state index in [4.69, 9.17) is 9.47 Å². The zero-order valence-corrected chi connectivity index (χ0v) is 16.3. The number of esters is 1. The Bertz CT molecular complexity index is 974. The molecule has 0 aliphatic carbocycles. The highest BCUT2D eigenvalue weighted by molar-refractivity contribution is 9.10. The summed E-state index contributed by atoms with van der Waals surface area (Å²) in [7, 11) is 0. The van der Waals surface area contributed by atoms with Gasteiger partial charge in [0.2, 0.25) is 0 Å². The van der Waals surface area contributed by atoms with Gasteiger partial charge in [0.25, 0.3) is 0 Å². The number of carbonyl (C=O) groups excluding carboxylic acids is 2. The topological polar surface area (TPSA) is 64.6 Å². The first-order chi connectivity index (χ1) is 13.0. The fraction of sp³-hybridized carbons (Fsp3) is 0.333. The normalized spacial score (nSPS) is 31.4. The van der Waals surface area contributed by atoms with Crippen molar-refractivity contribution in [3.05, 3.63) is 63.6 Å². The van der Waals surface area contributed by atoms with Crippen molar-refractivity contribution >= 4 is 27.7 Å². The third-order valence-corrected chi connectivity index (χ3v) is 6.34. The Balaban J connectivity index is 1.67. The molecular weight excluding hydrogens is 410 g/mol. The minimum Gasteiger partial charge on any atom is -0.486 e. The number of rotatable bonds is 1. The quantitative estimate of drug-likeness (QED) is 0.706. The fourth-order valence-corrected chi connectivity index (χ4v) is 4.98. The lowest BCUT2D eigenvalue weighted by Gasteiger charge is -2.34. The number of ketones is 1. The molecule has 0 saturated carbocycles. The molecule has 0 bridgehead atoms. The maximum atomic E-state index is 13.5. The van der Waals surface area contributed by atoms with Crippen LogP contribution in [0.25, 0.3) is 0 Å². The average molecular weight is 428 g/mol. The van der Waals surface area contributed by atoms with Crippen LogP contribution in [0, 0.1) is 12.8 Å². The second-order valence-corrected chi connectivity index (χ2v) is 8.38. The second-order valence-electron chi connectivity index (χ2n) is 7.46. The molecule has 2 fully saturated rings. The predicted octanol–water partition coefficient (Wildman–Crippen LogP) is 3.35. The monoisotopic (exact) mass is 427 g/mol. The Labute approximate surface area is 165 Å². The second kappa shape index (κ2) is 5.91. The summed E-state index contributed by atoms with van der Waals surface area (Å²) in [6.45, 7) is 2.28. The zero-order valence-electron chi connectivity index (χ0n) is 14.7. The molecule has 0 amide bonds. The van der Waals surface area contributed by atoms with Crippen molar-refractivity contribution in [2.75, 3.05) is 6.61 Å². The van der Waals surface area contributed by atoms with Gasteiger partial charge in [-0.2, -0.15) is 0 Å². The molecule has 6 heteroatoms. The number of aryl methyl sites for hydroxylation is 1. The molecule has 3 aliphatic heterocycles. The molecule has 2 aromatic carbocycles. The van der Waals surface area contributed by atoms with E-state index >= 15 is 0 Å². The van der Waals surface area contributed by atoms with E-state index in [2.05, 4.69) is 21.2 Å². The van der Waals surface area contributed by atoms with Crippen molar-refractivity contribution < 1.29 is 19.1 Å². The van der Waals surface area contributed by atoms with Crippen LogP contribution in [0.15, 0.2) is 46.9 Å². The smallest absolute Gasteiger partial charge is 0.330 e. The molecule has 138 valence electrons. The molecule has 2 aromatic rings. The van der Waals surface area contributed by atoms with E-state index in [1.54, 1.807) is 0 Å². The van der Waals surface area contributed by atoms with Crippen molar-refractivity contribution in [3.63, 3.8) is 0 Å². The summed E-state index contributed by atoms with van der Waals surface area (Å²) in [6, 6.07) is 13.1. The Morgan fingerprint density at radius 2 is 2.04 bits per heavy atom. The van der Waals surface area contributed by atoms with Crippen molar-refractivity contribution in [3.8, 4) is 5.75 Å². The SMILES string of the molecule is Cc1ccc2c(c1)C(=O)[C@H]1[C@H](c3cccc(Br)c3)N[C@@]3(CCOC3=O)[C@H]1O2. The molecule has 0 aromatic heterocycles. The molecule has 0 unspecified atom stereocenters. The van der Waals surface area contributed by atoms with E-state index in [0.29, 0.717) is 24.3 Å². The van der Waals surface area contributed by atoms with E-state index in [0.717, 1.165) is 15.6 Å². The molecule has 1 N–H and O–H groups in total. The Morgan fingerprint density at radius 3 is 2.78 bits per heavy atom. The van der Waals surface area contributed by atoms with Gasteiger partial charge in [-0.15, -0.1) is 0 Å². The first-order valence-electron chi connectivity index (χ1n) is 9.01. The highest BCUT2D eigenvalue weighted by Gasteiger charge is 2.65. The maximum Gasteiger partial charge on any atom is 0.330 e. The van der Waals surface area contributed by atoms with Crippen molar-refractivity contribution in [1.29, 1.82) is 0 Å². The summed E-state index contributed by atoms with van der Waals surface area (Å²) in [5.74, 6) is -0.265. The summed E-state index contributed by atoms with van der Waals surface area (Å²) in [4.78, 5) is 26.2. The van der Waals surface area contributed by atoms with Gasteiger partial charge >= 0.3 is 5.97 Å². The van der Waals surface area contributed by atoms with Gasteiger partial charge in [-0.1, -0.05) is 39.7 Å². The number of nitrogens with one attached hydrogen (secondary N) is 1. The number of ether oxygens (including phenoxy) is 2. The standard InChI is InChI=1S/C21H18BrNO4/c1-11-5-6-15-14(9-11)18(24)16-17(12-3-2-4-13(22)10-12)23-21(19(16)27-15)7-8-26-20(21)25/h2-6,9-10,16-17,19,23H,7-8H2,1H3/t16-,17+,19+,21+/m1/s1. The molecule has 4 atom stereocenters. The van der Waals surface area contributed by atoms with Crippen LogP contribution >= 0.6 is 15.9 Å². The molecule has 5 rings (SSSR count). The van der Waals surface area contributed by atoms with Crippen LogP contribution < -0.4 is 10.1 Å². The van der Waals surface area contributed by atoms with Gasteiger partial charge in [0, 0.05) is 16.9 Å². The van der Waals surface area contributed by atoms with Gasteiger partial charge in [-0.05, 0) is 36.8 Å². The van der Waals surface area contributed by atoms with Crippen LogP contribution in [0.1, 0.15) is 33.9 Å². The predicted molar refractivity (Wildman–Crippen MR) is 102 cm³/mol. The van der Waals surface area contributed by atoms with Crippen molar-refractivity contribution in [2.24, 2.45) is 5.92 Å². The summed E-state index contributed by atoms with van der Waals surface area (Å²) in [6.07, 6.45) is -0.0920. The molecule has 3 heterocycles. The molecule has 5 nitrogen and oxygen atoms in total. The van der Waals surface area contributed by atoms with Gasteiger partial charge in [0.1, 0.15) is 11.9 Å². The van der Waals surface area contributed by atoms with Gasteiger partial charge in [0.15, 0.2) is 11.3 Å². The fourth-order valence-electron chi connectivity index (χ4n) is 4.56. The van der Waals surface area contributed by atoms with Crippen LogP contribution in [0.3, 0.4) is 0 Å². The number of Topliss-reactive ketones (excluding diaryl/α,β-unsaturated/α-hetero) is 1. The van der Waals surface area contributed by atoms with E-state index in [1.807, 2.05) is 49.4 Å². The van der Waals surface area contributed by atoms with Crippen LogP contribution in [0.4, 0.5) is 0 Å². The lowest BCUT2D eigenvalue weighted by molar-refractivity contribution is -0.145. The van der Waals surface area contributed by atoms with Crippen LogP contribution in [0.5, 0.6) is 5.75 Å². The zero-order chi connectivity index (χ0) is 18.8. The number of halogens is 1. The van der Waals surface area contributed by atoms with E-state index in [-0.39, 0.29) is 17.8 Å². The molecule has 3 aliphatic rings. The Hall–Kier alpha value is -2.18. The number of fused-ring (bicyclic) bond motifs is 3. The van der Waals surface area contributed by atoms with E-state index in [1.165, 1.54) is 0 Å². The van der Waals surface area contributed by atoms with Crippen molar-refractivity contribution in [1.82, 2.24) is 5.32 Å². The minimum absolute atomic E-state index is 0.0130. The van der Waals surface area contributed by atoms with Crippen LogP contribution in [0.2, 0.25) is 0 Å². The molecule has 27 heavy (non-hydrogen) atoms. The van der Waals surface area contributed by atoms with Crippen LogP contribution in [-0.4, -0.2) is 30.0 Å². The highest BCUT2D eigenvalue weighted by atomic mass is 79.9. The first-order valence-corrected chi connectivity index (χ1v) is 9.81. The third kappa shape index (κ3) is 2.39. The summed E-state index contributed by atoms with van der Waals surface area (Å²) < 4.78 is 12.5. The molecule has 2 saturated heterocycles. The van der Waals surface area contributed by atoms with E-state index < -0.39 is 17.6 Å². The third-order valence-electron chi connectivity index (χ3n) is 5.84. The van der Waals surface area contributed by atoms with Gasteiger partial charge in [-0.25, -0.2) is 4.79 Å². The summed E-state index contributed by atoms with van der Waals surface area (Å²) in [5, 5.41) is 3.44. The van der Waals surface area contributed by atoms with Gasteiger partial charge in [0.05, 0.1) is 18.1 Å². The lowest BCUT2D eigenvalue weighted by atomic mass is 9.78. The van der Waals surface area contributed by atoms with Gasteiger partial charge < -0.3 is 9.47 Å². The average Bonchev–Trinajstić information content (AvgIpc) is 3.18. The Kier molecular flexibility index (Phi) is 3.71.